The Hall–Kier alpha value is -2.04. The highest BCUT2D eigenvalue weighted by Gasteiger charge is 2.23. The Balaban J connectivity index is 2.67. The van der Waals surface area contributed by atoms with Crippen molar-refractivity contribution in [3.63, 3.8) is 0 Å². The van der Waals surface area contributed by atoms with E-state index in [1.165, 1.54) is 7.11 Å². The first-order valence-electron chi connectivity index (χ1n) is 8.47. The van der Waals surface area contributed by atoms with Crippen LogP contribution in [0.5, 0.6) is 5.75 Å². The van der Waals surface area contributed by atoms with Gasteiger partial charge in [0.1, 0.15) is 11.8 Å². The zero-order chi connectivity index (χ0) is 18.1. The second-order valence-electron chi connectivity index (χ2n) is 6.41. The Kier molecular flexibility index (Phi) is 8.30. The Morgan fingerprint density at radius 2 is 1.83 bits per heavy atom. The van der Waals surface area contributed by atoms with E-state index in [2.05, 4.69) is 19.2 Å². The van der Waals surface area contributed by atoms with Gasteiger partial charge in [-0.15, -0.1) is 0 Å². The lowest BCUT2D eigenvalue weighted by Crippen LogP contribution is -2.44. The van der Waals surface area contributed by atoms with Crippen molar-refractivity contribution in [1.29, 1.82) is 0 Å². The molecule has 2 atom stereocenters. The second-order valence-corrected chi connectivity index (χ2v) is 6.41. The minimum atomic E-state index is -0.643. The summed E-state index contributed by atoms with van der Waals surface area (Å²) in [6, 6.07) is 7.08. The predicted octanol–water partition coefficient (Wildman–Crippen LogP) is 3.28. The molecule has 0 aliphatic rings. The minimum absolute atomic E-state index is 0.126. The number of ether oxygens (including phenoxy) is 2. The summed E-state index contributed by atoms with van der Waals surface area (Å²) in [5.74, 6) is 0.567. The van der Waals surface area contributed by atoms with Crippen molar-refractivity contribution in [1.82, 2.24) is 5.32 Å². The van der Waals surface area contributed by atoms with E-state index >= 15 is 0 Å². The Morgan fingerprint density at radius 1 is 1.17 bits per heavy atom. The first-order chi connectivity index (χ1) is 11.4. The highest BCUT2D eigenvalue weighted by molar-refractivity contribution is 5.85. The van der Waals surface area contributed by atoms with Crippen LogP contribution in [-0.4, -0.2) is 31.6 Å². The fourth-order valence-electron chi connectivity index (χ4n) is 2.45. The number of hydrogen-bond acceptors (Lipinski definition) is 4. The average molecular weight is 335 g/mol. The molecule has 0 fully saturated rings. The number of methoxy groups -OCH3 is 1. The van der Waals surface area contributed by atoms with E-state index in [1.807, 2.05) is 38.1 Å². The summed E-state index contributed by atoms with van der Waals surface area (Å²) in [6.45, 7) is 8.08. The number of carbonyl (C=O) groups is 2. The van der Waals surface area contributed by atoms with Gasteiger partial charge in [0.25, 0.3) is 5.91 Å². The van der Waals surface area contributed by atoms with Gasteiger partial charge in [-0.05, 0) is 36.3 Å². The van der Waals surface area contributed by atoms with E-state index in [0.717, 1.165) is 12.0 Å². The fraction of sp³-hybridized carbons (Fsp3) is 0.579. The molecule has 5 heteroatoms. The Bertz CT molecular complexity index is 542. The van der Waals surface area contributed by atoms with Crippen LogP contribution in [-0.2, 0) is 14.3 Å². The summed E-state index contributed by atoms with van der Waals surface area (Å²) in [7, 11) is 1.32. The van der Waals surface area contributed by atoms with Crippen molar-refractivity contribution < 1.29 is 19.1 Å². The summed E-state index contributed by atoms with van der Waals surface area (Å²) in [6.07, 6.45) is 1.52. The topological polar surface area (TPSA) is 64.6 Å². The van der Waals surface area contributed by atoms with Gasteiger partial charge in [0.05, 0.1) is 7.11 Å². The zero-order valence-corrected chi connectivity index (χ0v) is 15.3. The van der Waals surface area contributed by atoms with Gasteiger partial charge in [0.2, 0.25) is 0 Å². The number of amides is 1. The maximum Gasteiger partial charge on any atom is 0.328 e. The third-order valence-electron chi connectivity index (χ3n) is 3.95. The van der Waals surface area contributed by atoms with Crippen LogP contribution in [0.15, 0.2) is 24.3 Å². The average Bonchev–Trinajstić information content (AvgIpc) is 2.57. The van der Waals surface area contributed by atoms with Crippen LogP contribution in [0.25, 0.3) is 0 Å². The molecule has 2 unspecified atom stereocenters. The van der Waals surface area contributed by atoms with Gasteiger partial charge < -0.3 is 14.8 Å². The van der Waals surface area contributed by atoms with Crippen molar-refractivity contribution in [2.24, 2.45) is 5.92 Å². The lowest BCUT2D eigenvalue weighted by molar-refractivity contribution is -0.145. The molecule has 0 saturated carbocycles. The first kappa shape index (κ1) is 20.0. The lowest BCUT2D eigenvalue weighted by Gasteiger charge is -2.19. The van der Waals surface area contributed by atoms with Crippen molar-refractivity contribution in [3.05, 3.63) is 29.8 Å². The van der Waals surface area contributed by atoms with Gasteiger partial charge in [-0.1, -0.05) is 45.9 Å². The molecule has 0 bridgehead atoms. The van der Waals surface area contributed by atoms with Gasteiger partial charge in [-0.2, -0.15) is 0 Å². The van der Waals surface area contributed by atoms with E-state index in [-0.39, 0.29) is 18.4 Å². The van der Waals surface area contributed by atoms with Gasteiger partial charge in [-0.3, -0.25) is 4.79 Å². The number of nitrogens with one attached hydrogen (secondary N) is 1. The van der Waals surface area contributed by atoms with Crippen molar-refractivity contribution in [2.45, 2.75) is 52.5 Å². The summed E-state index contributed by atoms with van der Waals surface area (Å²) >= 11 is 0. The minimum Gasteiger partial charge on any atom is -0.483 e. The highest BCUT2D eigenvalue weighted by atomic mass is 16.5. The second kappa shape index (κ2) is 9.96. The third-order valence-corrected chi connectivity index (χ3v) is 3.95. The highest BCUT2D eigenvalue weighted by Crippen LogP contribution is 2.28. The van der Waals surface area contributed by atoms with Crippen molar-refractivity contribution in [3.8, 4) is 5.75 Å². The molecule has 1 amide bonds. The summed E-state index contributed by atoms with van der Waals surface area (Å²) in [5.41, 5.74) is 1.08. The smallest absolute Gasteiger partial charge is 0.328 e. The van der Waals surface area contributed by atoms with E-state index in [4.69, 9.17) is 9.47 Å². The molecular weight excluding hydrogens is 306 g/mol. The Labute approximate surface area is 144 Å². The van der Waals surface area contributed by atoms with E-state index < -0.39 is 12.0 Å². The van der Waals surface area contributed by atoms with Crippen LogP contribution in [0, 0.1) is 5.92 Å². The number of para-hydroxylation sites is 1. The number of carbonyl (C=O) groups excluding carboxylic acids is 2. The molecule has 24 heavy (non-hydrogen) atoms. The third kappa shape index (κ3) is 6.22. The van der Waals surface area contributed by atoms with E-state index in [0.29, 0.717) is 18.1 Å². The molecular formula is C19H29NO4. The van der Waals surface area contributed by atoms with E-state index in [1.54, 1.807) is 0 Å². The molecule has 1 rings (SSSR count). The van der Waals surface area contributed by atoms with Crippen LogP contribution in [0.1, 0.15) is 52.0 Å². The molecule has 0 spiro atoms. The molecule has 134 valence electrons. The van der Waals surface area contributed by atoms with E-state index in [9.17, 15) is 9.59 Å². The Morgan fingerprint density at radius 3 is 2.42 bits per heavy atom. The number of rotatable bonds is 9. The van der Waals surface area contributed by atoms with Crippen LogP contribution in [0.3, 0.4) is 0 Å². The maximum atomic E-state index is 12.1. The summed E-state index contributed by atoms with van der Waals surface area (Å²) in [5, 5.41) is 2.69. The molecule has 5 nitrogen and oxygen atoms in total. The zero-order valence-electron chi connectivity index (χ0n) is 15.3. The largest absolute Gasteiger partial charge is 0.483 e. The maximum absolute atomic E-state index is 12.1. The van der Waals surface area contributed by atoms with Crippen LogP contribution >= 0.6 is 0 Å². The predicted molar refractivity (Wildman–Crippen MR) is 94.0 cm³/mol. The molecule has 1 aromatic rings. The molecule has 0 aromatic heterocycles. The van der Waals surface area contributed by atoms with Crippen molar-refractivity contribution >= 4 is 11.9 Å². The van der Waals surface area contributed by atoms with Gasteiger partial charge >= 0.3 is 5.97 Å². The monoisotopic (exact) mass is 335 g/mol. The molecule has 1 aromatic carbocycles. The van der Waals surface area contributed by atoms with Gasteiger partial charge in [-0.25, -0.2) is 4.79 Å². The molecule has 0 saturated heterocycles. The van der Waals surface area contributed by atoms with Gasteiger partial charge in [0, 0.05) is 0 Å². The van der Waals surface area contributed by atoms with Crippen LogP contribution in [0.2, 0.25) is 0 Å². The quantitative estimate of drug-likeness (QED) is 0.703. The van der Waals surface area contributed by atoms with Gasteiger partial charge in [0.15, 0.2) is 6.61 Å². The van der Waals surface area contributed by atoms with Crippen LogP contribution in [0.4, 0.5) is 0 Å². The summed E-state index contributed by atoms with van der Waals surface area (Å²) < 4.78 is 10.4. The number of esters is 1. The summed E-state index contributed by atoms with van der Waals surface area (Å²) in [4.78, 5) is 23.9. The standard InChI is InChI=1S/C19H29NO4/c1-6-14(4)15-9-7-8-10-17(15)24-12-18(21)20-16(11-13(2)3)19(22)23-5/h7-10,13-14,16H,6,11-12H2,1-5H3,(H,20,21). The molecule has 1 N–H and O–H groups in total. The normalized spacial score (nSPS) is 13.2. The number of benzene rings is 1. The molecule has 0 radical (unpaired) electrons. The number of hydrogen-bond donors (Lipinski definition) is 1. The molecule has 0 heterocycles. The molecule has 0 aliphatic heterocycles. The van der Waals surface area contributed by atoms with Crippen LogP contribution < -0.4 is 10.1 Å². The lowest BCUT2D eigenvalue weighted by atomic mass is 9.98. The SMILES string of the molecule is CCC(C)c1ccccc1OCC(=O)NC(CC(C)C)C(=O)OC. The van der Waals surface area contributed by atoms with Crippen molar-refractivity contribution in [2.75, 3.05) is 13.7 Å². The first-order valence-corrected chi connectivity index (χ1v) is 8.47. The fourth-order valence-corrected chi connectivity index (χ4v) is 2.45. The molecule has 0 aliphatic carbocycles.